The first-order valence-electron chi connectivity index (χ1n) is 8.54. The van der Waals surface area contributed by atoms with Crippen molar-refractivity contribution in [2.24, 2.45) is 0 Å². The third-order valence-electron chi connectivity index (χ3n) is 4.68. The van der Waals surface area contributed by atoms with Crippen molar-refractivity contribution in [3.63, 3.8) is 0 Å². The normalized spacial score (nSPS) is 20.3. The molecule has 1 saturated heterocycles. The van der Waals surface area contributed by atoms with Crippen LogP contribution in [-0.4, -0.2) is 45.2 Å². The molecule has 2 aromatic carbocycles. The van der Waals surface area contributed by atoms with Crippen molar-refractivity contribution >= 4 is 30.6 Å². The van der Waals surface area contributed by atoms with Gasteiger partial charge in [0, 0.05) is 12.6 Å². The van der Waals surface area contributed by atoms with Gasteiger partial charge >= 0.3 is 0 Å². The predicted molar refractivity (Wildman–Crippen MR) is 99.8 cm³/mol. The van der Waals surface area contributed by atoms with E-state index in [-0.39, 0.29) is 16.4 Å². The van der Waals surface area contributed by atoms with Gasteiger partial charge in [0.25, 0.3) is 0 Å². The highest BCUT2D eigenvalue weighted by Crippen LogP contribution is 2.27. The van der Waals surface area contributed by atoms with Gasteiger partial charge in [0.2, 0.25) is 10.0 Å². The molecule has 1 heterocycles. The maximum absolute atomic E-state index is 13.2. The van der Waals surface area contributed by atoms with Crippen LogP contribution in [0.1, 0.15) is 26.2 Å². The monoisotopic (exact) mass is 381 g/mol. The van der Waals surface area contributed by atoms with E-state index < -0.39 is 25.9 Å². The number of fused-ring (bicyclic) bond motifs is 1. The van der Waals surface area contributed by atoms with Gasteiger partial charge in [0.05, 0.1) is 16.4 Å². The number of sulfone groups is 1. The summed E-state index contributed by atoms with van der Waals surface area (Å²) in [7, 11) is -6.88. The number of sulfonamides is 1. The highest BCUT2D eigenvalue weighted by atomic mass is 32.2. The van der Waals surface area contributed by atoms with Crippen LogP contribution in [0.3, 0.4) is 0 Å². The molecule has 25 heavy (non-hydrogen) atoms. The van der Waals surface area contributed by atoms with Crippen LogP contribution in [0.4, 0.5) is 0 Å². The maximum Gasteiger partial charge on any atom is 0.243 e. The van der Waals surface area contributed by atoms with E-state index in [0.717, 1.165) is 17.2 Å². The molecule has 1 atom stereocenters. The zero-order chi connectivity index (χ0) is 18.1. The Morgan fingerprint density at radius 3 is 2.48 bits per heavy atom. The largest absolute Gasteiger partial charge is 0.243 e. The van der Waals surface area contributed by atoms with E-state index in [9.17, 15) is 16.8 Å². The van der Waals surface area contributed by atoms with Crippen LogP contribution in [0, 0.1) is 0 Å². The van der Waals surface area contributed by atoms with E-state index in [0.29, 0.717) is 19.4 Å². The fourth-order valence-electron chi connectivity index (χ4n) is 3.28. The standard InChI is InChI=1S/C18H23NO4S2/c1-2-3-11-19(17-10-12-24(20,21)14-17)25(22,23)18-9-8-15-6-4-5-7-16(15)13-18/h4-9,13,17H,2-3,10-12,14H2,1H3. The molecule has 5 nitrogen and oxygen atoms in total. The average Bonchev–Trinajstić information content (AvgIpc) is 2.94. The zero-order valence-corrected chi connectivity index (χ0v) is 15.9. The van der Waals surface area contributed by atoms with Gasteiger partial charge in [0.15, 0.2) is 9.84 Å². The Labute approximate surface area is 149 Å². The SMILES string of the molecule is CCCCN(C1CCS(=O)(=O)C1)S(=O)(=O)c1ccc2ccccc2c1. The molecule has 0 N–H and O–H groups in total. The lowest BCUT2D eigenvalue weighted by Crippen LogP contribution is -2.41. The molecule has 0 bridgehead atoms. The Kier molecular flexibility index (Phi) is 5.18. The van der Waals surface area contributed by atoms with Crippen LogP contribution >= 0.6 is 0 Å². The predicted octanol–water partition coefficient (Wildman–Crippen LogP) is 2.82. The smallest absolute Gasteiger partial charge is 0.229 e. The van der Waals surface area contributed by atoms with E-state index in [1.165, 1.54) is 4.31 Å². The van der Waals surface area contributed by atoms with Crippen molar-refractivity contribution in [2.45, 2.75) is 37.1 Å². The summed E-state index contributed by atoms with van der Waals surface area (Å²) in [6.45, 7) is 2.35. The molecular formula is C18H23NO4S2. The summed E-state index contributed by atoms with van der Waals surface area (Å²) in [5.74, 6) is -0.0168. The Balaban J connectivity index is 1.99. The molecule has 1 unspecified atom stereocenters. The van der Waals surface area contributed by atoms with Gasteiger partial charge in [-0.3, -0.25) is 0 Å². The zero-order valence-electron chi connectivity index (χ0n) is 14.3. The maximum atomic E-state index is 13.2. The summed E-state index contributed by atoms with van der Waals surface area (Å²) in [5.41, 5.74) is 0. The fourth-order valence-corrected chi connectivity index (χ4v) is 6.83. The van der Waals surface area contributed by atoms with Crippen LogP contribution in [0.25, 0.3) is 10.8 Å². The molecule has 0 saturated carbocycles. The van der Waals surface area contributed by atoms with Gasteiger partial charge < -0.3 is 0 Å². The fraction of sp³-hybridized carbons (Fsp3) is 0.444. The van der Waals surface area contributed by atoms with Crippen LogP contribution in [0.5, 0.6) is 0 Å². The second-order valence-corrected chi connectivity index (χ2v) is 10.7. The van der Waals surface area contributed by atoms with Crippen molar-refractivity contribution in [1.82, 2.24) is 4.31 Å². The minimum absolute atomic E-state index is 0.0630. The second kappa shape index (κ2) is 7.05. The van der Waals surface area contributed by atoms with Crippen molar-refractivity contribution in [3.05, 3.63) is 42.5 Å². The van der Waals surface area contributed by atoms with Crippen LogP contribution in [0.2, 0.25) is 0 Å². The minimum Gasteiger partial charge on any atom is -0.229 e. The number of nitrogens with zero attached hydrogens (tertiary/aromatic N) is 1. The Bertz CT molecular complexity index is 967. The molecule has 3 rings (SSSR count). The Morgan fingerprint density at radius 1 is 1.12 bits per heavy atom. The molecule has 0 aromatic heterocycles. The number of hydrogen-bond donors (Lipinski definition) is 0. The van der Waals surface area contributed by atoms with Crippen molar-refractivity contribution in [3.8, 4) is 0 Å². The summed E-state index contributed by atoms with van der Waals surface area (Å²) < 4.78 is 51.5. The third kappa shape index (κ3) is 3.88. The highest BCUT2D eigenvalue weighted by Gasteiger charge is 2.38. The number of hydrogen-bond acceptors (Lipinski definition) is 4. The Hall–Kier alpha value is -1.44. The third-order valence-corrected chi connectivity index (χ3v) is 8.37. The highest BCUT2D eigenvalue weighted by molar-refractivity contribution is 7.92. The average molecular weight is 382 g/mol. The van der Waals surface area contributed by atoms with E-state index >= 15 is 0 Å². The molecule has 1 aliphatic heterocycles. The van der Waals surface area contributed by atoms with Gasteiger partial charge in [0.1, 0.15) is 0 Å². The summed E-state index contributed by atoms with van der Waals surface area (Å²) in [5, 5.41) is 1.84. The van der Waals surface area contributed by atoms with Crippen LogP contribution in [0.15, 0.2) is 47.4 Å². The van der Waals surface area contributed by atoms with Gasteiger partial charge in [-0.2, -0.15) is 4.31 Å². The molecule has 7 heteroatoms. The first-order valence-corrected chi connectivity index (χ1v) is 11.8. The molecule has 1 fully saturated rings. The molecule has 1 aliphatic rings. The number of rotatable bonds is 6. The first kappa shape index (κ1) is 18.4. The van der Waals surface area contributed by atoms with E-state index in [1.807, 2.05) is 31.2 Å². The van der Waals surface area contributed by atoms with E-state index in [2.05, 4.69) is 0 Å². The molecular weight excluding hydrogens is 358 g/mol. The second-order valence-electron chi connectivity index (χ2n) is 6.54. The summed E-state index contributed by atoms with van der Waals surface area (Å²) >= 11 is 0. The minimum atomic E-state index is -3.73. The number of unbranched alkanes of at least 4 members (excludes halogenated alkanes) is 1. The molecule has 0 amide bonds. The summed E-state index contributed by atoms with van der Waals surface area (Å²) in [6, 6.07) is 12.2. The topological polar surface area (TPSA) is 71.5 Å². The molecule has 136 valence electrons. The van der Waals surface area contributed by atoms with E-state index in [1.54, 1.807) is 18.2 Å². The van der Waals surface area contributed by atoms with Crippen molar-refractivity contribution < 1.29 is 16.8 Å². The van der Waals surface area contributed by atoms with Crippen LogP contribution < -0.4 is 0 Å². The molecule has 0 spiro atoms. The van der Waals surface area contributed by atoms with Crippen molar-refractivity contribution in [1.29, 1.82) is 0 Å². The first-order chi connectivity index (χ1) is 11.8. The lowest BCUT2D eigenvalue weighted by Gasteiger charge is -2.27. The lowest BCUT2D eigenvalue weighted by atomic mass is 10.1. The summed E-state index contributed by atoms with van der Waals surface area (Å²) in [6.07, 6.45) is 1.94. The van der Waals surface area contributed by atoms with Crippen molar-refractivity contribution in [2.75, 3.05) is 18.1 Å². The molecule has 2 aromatic rings. The van der Waals surface area contributed by atoms with E-state index in [4.69, 9.17) is 0 Å². The summed E-state index contributed by atoms with van der Waals surface area (Å²) in [4.78, 5) is 0.228. The molecule has 0 aliphatic carbocycles. The van der Waals surface area contributed by atoms with Gasteiger partial charge in [-0.05, 0) is 35.7 Å². The van der Waals surface area contributed by atoms with Gasteiger partial charge in [-0.25, -0.2) is 16.8 Å². The number of benzene rings is 2. The quantitative estimate of drug-likeness (QED) is 0.771. The molecule has 0 radical (unpaired) electrons. The lowest BCUT2D eigenvalue weighted by molar-refractivity contribution is 0.335. The van der Waals surface area contributed by atoms with Gasteiger partial charge in [-0.1, -0.05) is 43.7 Å². The Morgan fingerprint density at radius 2 is 1.84 bits per heavy atom. The van der Waals surface area contributed by atoms with Gasteiger partial charge in [-0.15, -0.1) is 0 Å². The van der Waals surface area contributed by atoms with Crippen LogP contribution in [-0.2, 0) is 19.9 Å².